The summed E-state index contributed by atoms with van der Waals surface area (Å²) >= 11 is 11.8. The lowest BCUT2D eigenvalue weighted by Crippen LogP contribution is -2.15. The second-order valence-electron chi connectivity index (χ2n) is 4.28. The maximum Gasteiger partial charge on any atom is 0.272 e. The van der Waals surface area contributed by atoms with Crippen LogP contribution in [-0.4, -0.2) is 28.8 Å². The number of ether oxygens (including phenoxy) is 1. The molecule has 5 nitrogen and oxygen atoms in total. The normalized spacial score (nSPS) is 10.5. The van der Waals surface area contributed by atoms with Crippen molar-refractivity contribution in [3.05, 3.63) is 46.2 Å². The Morgan fingerprint density at radius 3 is 2.52 bits per heavy atom. The number of amides is 1. The van der Waals surface area contributed by atoms with E-state index in [1.54, 1.807) is 31.3 Å². The molecule has 7 heteroatoms. The molecule has 0 unspecified atom stereocenters. The molecule has 1 amide bonds. The molecule has 0 bridgehead atoms. The number of hydrogen-bond acceptors (Lipinski definition) is 3. The first kappa shape index (κ1) is 15.7. The van der Waals surface area contributed by atoms with Crippen LogP contribution in [-0.2, 0) is 7.05 Å². The first-order chi connectivity index (χ1) is 10.0. The molecule has 0 saturated heterocycles. The topological polar surface area (TPSA) is 63.5 Å². The molecule has 0 saturated carbocycles. The van der Waals surface area contributed by atoms with E-state index in [0.717, 1.165) is 0 Å². The van der Waals surface area contributed by atoms with Gasteiger partial charge in [0.1, 0.15) is 23.2 Å². The molecule has 0 atom stereocenters. The minimum absolute atomic E-state index is 0.0481. The van der Waals surface area contributed by atoms with Crippen molar-refractivity contribution in [1.29, 1.82) is 0 Å². The molecule has 2 N–H and O–H groups in total. The van der Waals surface area contributed by atoms with E-state index in [0.29, 0.717) is 27.3 Å². The third-order valence-corrected chi connectivity index (χ3v) is 3.66. The lowest BCUT2D eigenvalue weighted by Gasteiger charge is -2.08. The van der Waals surface area contributed by atoms with Gasteiger partial charge in [0.15, 0.2) is 0 Å². The van der Waals surface area contributed by atoms with Crippen LogP contribution < -0.4 is 10.1 Å². The van der Waals surface area contributed by atoms with Gasteiger partial charge < -0.3 is 19.7 Å². The van der Waals surface area contributed by atoms with Crippen molar-refractivity contribution in [2.45, 2.75) is 0 Å². The van der Waals surface area contributed by atoms with Crippen LogP contribution in [0.25, 0.3) is 0 Å². The summed E-state index contributed by atoms with van der Waals surface area (Å²) in [5.41, 5.74) is 0.982. The summed E-state index contributed by atoms with van der Waals surface area (Å²) in [5, 5.41) is 12.1. The fraction of sp³-hybridized carbons (Fsp3) is 0.214. The Bertz CT molecular complexity index is 638. The highest BCUT2D eigenvalue weighted by molar-refractivity contribution is 6.42. The molecule has 112 valence electrons. The van der Waals surface area contributed by atoms with Crippen LogP contribution in [0.15, 0.2) is 30.3 Å². The summed E-state index contributed by atoms with van der Waals surface area (Å²) in [6.45, 7) is 0.180. The highest BCUT2D eigenvalue weighted by Crippen LogP contribution is 2.25. The fourth-order valence-electron chi connectivity index (χ4n) is 1.75. The summed E-state index contributed by atoms with van der Waals surface area (Å²) in [4.78, 5) is 12.1. The number of hydrogen-bond donors (Lipinski definition) is 2. The summed E-state index contributed by atoms with van der Waals surface area (Å²) in [6.07, 6.45) is 0. The van der Waals surface area contributed by atoms with E-state index in [-0.39, 0.29) is 19.1 Å². The minimum Gasteiger partial charge on any atom is -0.491 e. The van der Waals surface area contributed by atoms with Gasteiger partial charge in [0.05, 0.1) is 11.6 Å². The molecule has 1 heterocycles. The van der Waals surface area contributed by atoms with Gasteiger partial charge in [-0.05, 0) is 30.3 Å². The van der Waals surface area contributed by atoms with Crippen molar-refractivity contribution < 1.29 is 14.6 Å². The van der Waals surface area contributed by atoms with Gasteiger partial charge in [-0.25, -0.2) is 0 Å². The lowest BCUT2D eigenvalue weighted by atomic mass is 10.3. The van der Waals surface area contributed by atoms with Crippen LogP contribution in [0, 0.1) is 0 Å². The van der Waals surface area contributed by atoms with E-state index < -0.39 is 0 Å². The summed E-state index contributed by atoms with van der Waals surface area (Å²) < 4.78 is 6.75. The second-order valence-corrected chi connectivity index (χ2v) is 5.04. The van der Waals surface area contributed by atoms with E-state index in [1.165, 1.54) is 10.6 Å². The molecule has 0 aliphatic rings. The van der Waals surface area contributed by atoms with Gasteiger partial charge in [-0.3, -0.25) is 4.79 Å². The molecule has 0 aliphatic carbocycles. The van der Waals surface area contributed by atoms with Gasteiger partial charge in [0.2, 0.25) is 0 Å². The van der Waals surface area contributed by atoms with Crippen molar-refractivity contribution in [3.8, 4) is 5.75 Å². The molecule has 1 aromatic heterocycles. The monoisotopic (exact) mass is 328 g/mol. The smallest absolute Gasteiger partial charge is 0.272 e. The number of aromatic nitrogens is 1. The van der Waals surface area contributed by atoms with Crippen LogP contribution in [0.4, 0.5) is 5.69 Å². The van der Waals surface area contributed by atoms with Crippen molar-refractivity contribution >= 4 is 34.8 Å². The molecule has 2 rings (SSSR count). The van der Waals surface area contributed by atoms with E-state index >= 15 is 0 Å². The Balaban J connectivity index is 2.07. The maximum atomic E-state index is 12.1. The molecular weight excluding hydrogens is 315 g/mol. The van der Waals surface area contributed by atoms with Gasteiger partial charge >= 0.3 is 0 Å². The fourth-order valence-corrected chi connectivity index (χ4v) is 2.13. The van der Waals surface area contributed by atoms with Gasteiger partial charge in [-0.2, -0.15) is 0 Å². The van der Waals surface area contributed by atoms with Gasteiger partial charge in [-0.15, -0.1) is 0 Å². The number of rotatable bonds is 5. The Hall–Kier alpha value is -1.69. The Morgan fingerprint density at radius 2 is 2.00 bits per heavy atom. The number of nitrogens with one attached hydrogen (secondary N) is 1. The first-order valence-corrected chi connectivity index (χ1v) is 6.94. The van der Waals surface area contributed by atoms with Crippen LogP contribution in [0.3, 0.4) is 0 Å². The number of halogens is 2. The number of carbonyl (C=O) groups is 1. The molecule has 1 aromatic carbocycles. The molecule has 0 spiro atoms. The standard InChI is InChI=1S/C14H14Cl2N2O3/c1-18-12(8-11(15)13(18)16)14(20)17-9-2-4-10(5-3-9)21-7-6-19/h2-5,8,19H,6-7H2,1H3,(H,17,20). The van der Waals surface area contributed by atoms with E-state index in [2.05, 4.69) is 5.32 Å². The number of carbonyl (C=O) groups excluding carboxylic acids is 1. The van der Waals surface area contributed by atoms with Crippen molar-refractivity contribution in [1.82, 2.24) is 4.57 Å². The van der Waals surface area contributed by atoms with Crippen LogP contribution in [0.1, 0.15) is 10.5 Å². The quantitative estimate of drug-likeness (QED) is 0.886. The average molecular weight is 329 g/mol. The molecule has 21 heavy (non-hydrogen) atoms. The van der Waals surface area contributed by atoms with Crippen LogP contribution >= 0.6 is 23.2 Å². The molecule has 0 radical (unpaired) electrons. The number of benzene rings is 1. The number of aliphatic hydroxyl groups is 1. The zero-order valence-corrected chi connectivity index (χ0v) is 12.8. The zero-order valence-electron chi connectivity index (χ0n) is 11.3. The van der Waals surface area contributed by atoms with E-state index in [1.807, 2.05) is 0 Å². The SMILES string of the molecule is Cn1c(C(=O)Nc2ccc(OCCO)cc2)cc(Cl)c1Cl. The summed E-state index contributed by atoms with van der Waals surface area (Å²) in [6, 6.07) is 8.33. The van der Waals surface area contributed by atoms with E-state index in [9.17, 15) is 4.79 Å². The zero-order chi connectivity index (χ0) is 15.4. The number of nitrogens with zero attached hydrogens (tertiary/aromatic N) is 1. The van der Waals surface area contributed by atoms with Gasteiger partial charge in [-0.1, -0.05) is 23.2 Å². The first-order valence-electron chi connectivity index (χ1n) is 6.18. The Labute approximate surface area is 132 Å². The van der Waals surface area contributed by atoms with Crippen LogP contribution in [0.2, 0.25) is 10.2 Å². The number of aliphatic hydroxyl groups excluding tert-OH is 1. The third-order valence-electron chi connectivity index (χ3n) is 2.82. The summed E-state index contributed by atoms with van der Waals surface area (Å²) in [7, 11) is 1.66. The lowest BCUT2D eigenvalue weighted by molar-refractivity contribution is 0.101. The molecule has 0 fully saturated rings. The second kappa shape index (κ2) is 6.85. The largest absolute Gasteiger partial charge is 0.491 e. The minimum atomic E-state index is -0.310. The van der Waals surface area contributed by atoms with Gasteiger partial charge in [0, 0.05) is 12.7 Å². The highest BCUT2D eigenvalue weighted by atomic mass is 35.5. The predicted octanol–water partition coefficient (Wildman–Crippen LogP) is 2.96. The van der Waals surface area contributed by atoms with Gasteiger partial charge in [0.25, 0.3) is 5.91 Å². The van der Waals surface area contributed by atoms with E-state index in [4.69, 9.17) is 33.0 Å². The summed E-state index contributed by atoms with van der Waals surface area (Å²) in [5.74, 6) is 0.308. The van der Waals surface area contributed by atoms with Crippen molar-refractivity contribution in [2.24, 2.45) is 7.05 Å². The predicted molar refractivity (Wildman–Crippen MR) is 82.4 cm³/mol. The Kier molecular flexibility index (Phi) is 5.12. The number of anilines is 1. The van der Waals surface area contributed by atoms with Crippen LogP contribution in [0.5, 0.6) is 5.75 Å². The molecular formula is C14H14Cl2N2O3. The third kappa shape index (κ3) is 3.69. The van der Waals surface area contributed by atoms with Crippen molar-refractivity contribution in [2.75, 3.05) is 18.5 Å². The average Bonchev–Trinajstić information content (AvgIpc) is 2.74. The Morgan fingerprint density at radius 1 is 1.33 bits per heavy atom. The molecule has 2 aromatic rings. The molecule has 0 aliphatic heterocycles. The maximum absolute atomic E-state index is 12.1. The highest BCUT2D eigenvalue weighted by Gasteiger charge is 2.15. The van der Waals surface area contributed by atoms with Crippen molar-refractivity contribution in [3.63, 3.8) is 0 Å².